The summed E-state index contributed by atoms with van der Waals surface area (Å²) < 4.78 is 4.74. The van der Waals surface area contributed by atoms with Gasteiger partial charge in [0.15, 0.2) is 0 Å². The highest BCUT2D eigenvalue weighted by Crippen LogP contribution is 2.21. The molecule has 0 spiro atoms. The lowest BCUT2D eigenvalue weighted by Gasteiger charge is -2.29. The molecular formula is C14H18N2O2. The molecule has 96 valence electrons. The van der Waals surface area contributed by atoms with Gasteiger partial charge >= 0.3 is 5.97 Å². The van der Waals surface area contributed by atoms with Crippen LogP contribution in [0.5, 0.6) is 0 Å². The normalized spacial score (nSPS) is 19.3. The molecule has 1 heterocycles. The Morgan fingerprint density at radius 1 is 1.44 bits per heavy atom. The Balaban J connectivity index is 2.02. The molecule has 0 fully saturated rings. The summed E-state index contributed by atoms with van der Waals surface area (Å²) in [7, 11) is 1.39. The Labute approximate surface area is 107 Å². The number of ether oxygens (including phenoxy) is 1. The van der Waals surface area contributed by atoms with Gasteiger partial charge in [-0.05, 0) is 12.0 Å². The van der Waals surface area contributed by atoms with Crippen LogP contribution in [-0.2, 0) is 16.1 Å². The predicted molar refractivity (Wildman–Crippen MR) is 69.2 cm³/mol. The van der Waals surface area contributed by atoms with Crippen LogP contribution in [-0.4, -0.2) is 24.5 Å². The first kappa shape index (κ1) is 12.5. The van der Waals surface area contributed by atoms with Crippen LogP contribution >= 0.6 is 0 Å². The van der Waals surface area contributed by atoms with E-state index in [4.69, 9.17) is 10.5 Å². The van der Waals surface area contributed by atoms with Crippen LogP contribution in [0.2, 0.25) is 0 Å². The van der Waals surface area contributed by atoms with Crippen molar-refractivity contribution in [3.63, 3.8) is 0 Å². The number of esters is 1. The molecule has 4 heteroatoms. The van der Waals surface area contributed by atoms with E-state index in [1.807, 2.05) is 24.4 Å². The quantitative estimate of drug-likeness (QED) is 0.821. The molecule has 0 saturated heterocycles. The molecular weight excluding hydrogens is 228 g/mol. The van der Waals surface area contributed by atoms with Crippen molar-refractivity contribution in [3.8, 4) is 0 Å². The van der Waals surface area contributed by atoms with Gasteiger partial charge in [-0.3, -0.25) is 4.79 Å². The van der Waals surface area contributed by atoms with Gasteiger partial charge in [-0.25, -0.2) is 0 Å². The molecule has 1 aliphatic heterocycles. The van der Waals surface area contributed by atoms with E-state index < -0.39 is 0 Å². The number of nitrogens with zero attached hydrogens (tertiary/aromatic N) is 1. The smallest absolute Gasteiger partial charge is 0.314 e. The number of benzene rings is 1. The van der Waals surface area contributed by atoms with Crippen LogP contribution < -0.4 is 5.73 Å². The van der Waals surface area contributed by atoms with E-state index in [1.54, 1.807) is 0 Å². The van der Waals surface area contributed by atoms with Gasteiger partial charge < -0.3 is 15.4 Å². The molecule has 2 rings (SSSR count). The van der Waals surface area contributed by atoms with Gasteiger partial charge in [-0.1, -0.05) is 30.3 Å². The molecule has 0 aromatic heterocycles. The van der Waals surface area contributed by atoms with Crippen molar-refractivity contribution >= 4 is 5.97 Å². The Kier molecular flexibility index (Phi) is 3.87. The molecule has 0 radical (unpaired) electrons. The highest BCUT2D eigenvalue weighted by Gasteiger charge is 2.26. The van der Waals surface area contributed by atoms with Crippen LogP contribution in [0.25, 0.3) is 0 Å². The second-order valence-electron chi connectivity index (χ2n) is 4.45. The second kappa shape index (κ2) is 5.58. The maximum atomic E-state index is 11.5. The van der Waals surface area contributed by atoms with Crippen LogP contribution in [0.4, 0.5) is 0 Å². The summed E-state index contributed by atoms with van der Waals surface area (Å²) in [6, 6.07) is 10.2. The summed E-state index contributed by atoms with van der Waals surface area (Å²) in [6.07, 6.45) is 2.57. The van der Waals surface area contributed by atoms with Crippen molar-refractivity contribution in [1.82, 2.24) is 4.90 Å². The zero-order valence-corrected chi connectivity index (χ0v) is 10.5. The van der Waals surface area contributed by atoms with Gasteiger partial charge in [0.2, 0.25) is 0 Å². The standard InChI is InChI=1S/C14H18N2O2/c1-18-14(17)12-7-8-16(10-13(12)15)9-11-5-3-2-4-6-11/h2-6,10,12H,7-9,15H2,1H3. The van der Waals surface area contributed by atoms with Crippen molar-refractivity contribution < 1.29 is 9.53 Å². The number of carbonyl (C=O) groups is 1. The van der Waals surface area contributed by atoms with Crippen LogP contribution in [0.15, 0.2) is 42.2 Å². The van der Waals surface area contributed by atoms with Gasteiger partial charge in [-0.2, -0.15) is 0 Å². The molecule has 1 aromatic rings. The number of carbonyl (C=O) groups excluding carboxylic acids is 1. The summed E-state index contributed by atoms with van der Waals surface area (Å²) in [5.74, 6) is -0.537. The number of hydrogen-bond acceptors (Lipinski definition) is 4. The molecule has 0 saturated carbocycles. The average Bonchev–Trinajstić information content (AvgIpc) is 2.39. The van der Waals surface area contributed by atoms with Crippen LogP contribution in [0, 0.1) is 5.92 Å². The topological polar surface area (TPSA) is 55.6 Å². The maximum absolute atomic E-state index is 11.5. The summed E-state index contributed by atoms with van der Waals surface area (Å²) >= 11 is 0. The number of methoxy groups -OCH3 is 1. The van der Waals surface area contributed by atoms with E-state index in [1.165, 1.54) is 12.7 Å². The number of hydrogen-bond donors (Lipinski definition) is 1. The highest BCUT2D eigenvalue weighted by molar-refractivity contribution is 5.75. The Morgan fingerprint density at radius 2 is 2.17 bits per heavy atom. The molecule has 0 aliphatic carbocycles. The van der Waals surface area contributed by atoms with E-state index in [9.17, 15) is 4.79 Å². The molecule has 0 amide bonds. The summed E-state index contributed by atoms with van der Waals surface area (Å²) in [6.45, 7) is 1.63. The first-order valence-corrected chi connectivity index (χ1v) is 6.03. The second-order valence-corrected chi connectivity index (χ2v) is 4.45. The lowest BCUT2D eigenvalue weighted by molar-refractivity contribution is -0.144. The fourth-order valence-electron chi connectivity index (χ4n) is 2.17. The highest BCUT2D eigenvalue weighted by atomic mass is 16.5. The van der Waals surface area contributed by atoms with E-state index in [0.717, 1.165) is 13.1 Å². The lowest BCUT2D eigenvalue weighted by Crippen LogP contribution is -2.34. The Bertz CT molecular complexity index is 442. The third kappa shape index (κ3) is 2.83. The molecule has 0 bridgehead atoms. The molecule has 18 heavy (non-hydrogen) atoms. The molecule has 1 aliphatic rings. The minimum Gasteiger partial charge on any atom is -0.469 e. The van der Waals surface area contributed by atoms with E-state index in [-0.39, 0.29) is 11.9 Å². The SMILES string of the molecule is COC(=O)C1CCN(Cc2ccccc2)C=C1N. The average molecular weight is 246 g/mol. The molecule has 1 aromatic carbocycles. The van der Waals surface area contributed by atoms with Gasteiger partial charge in [0.1, 0.15) is 0 Å². The molecule has 1 atom stereocenters. The van der Waals surface area contributed by atoms with Crippen molar-refractivity contribution in [3.05, 3.63) is 47.8 Å². The zero-order valence-electron chi connectivity index (χ0n) is 10.5. The third-order valence-corrected chi connectivity index (χ3v) is 3.15. The maximum Gasteiger partial charge on any atom is 0.314 e. The summed E-state index contributed by atoms with van der Waals surface area (Å²) in [4.78, 5) is 13.6. The van der Waals surface area contributed by atoms with Crippen molar-refractivity contribution in [1.29, 1.82) is 0 Å². The first-order valence-electron chi connectivity index (χ1n) is 6.03. The Morgan fingerprint density at radius 3 is 2.78 bits per heavy atom. The fraction of sp³-hybridized carbons (Fsp3) is 0.357. The predicted octanol–water partition coefficient (Wildman–Crippen LogP) is 1.48. The van der Waals surface area contributed by atoms with E-state index >= 15 is 0 Å². The minimum absolute atomic E-state index is 0.247. The van der Waals surface area contributed by atoms with Crippen molar-refractivity contribution in [2.75, 3.05) is 13.7 Å². The summed E-state index contributed by atoms with van der Waals surface area (Å²) in [5.41, 5.74) is 7.74. The van der Waals surface area contributed by atoms with Crippen LogP contribution in [0.3, 0.4) is 0 Å². The van der Waals surface area contributed by atoms with Crippen LogP contribution in [0.1, 0.15) is 12.0 Å². The lowest BCUT2D eigenvalue weighted by atomic mass is 9.98. The number of rotatable bonds is 3. The van der Waals surface area contributed by atoms with E-state index in [0.29, 0.717) is 12.1 Å². The molecule has 2 N–H and O–H groups in total. The largest absolute Gasteiger partial charge is 0.469 e. The van der Waals surface area contributed by atoms with Gasteiger partial charge in [0, 0.05) is 25.0 Å². The van der Waals surface area contributed by atoms with E-state index in [2.05, 4.69) is 17.0 Å². The summed E-state index contributed by atoms with van der Waals surface area (Å²) in [5, 5.41) is 0. The monoisotopic (exact) mass is 246 g/mol. The minimum atomic E-state index is -0.290. The van der Waals surface area contributed by atoms with Gasteiger partial charge in [-0.15, -0.1) is 0 Å². The number of nitrogens with two attached hydrogens (primary N) is 1. The molecule has 4 nitrogen and oxygen atoms in total. The first-order chi connectivity index (χ1) is 8.70. The van der Waals surface area contributed by atoms with Gasteiger partial charge in [0.25, 0.3) is 0 Å². The third-order valence-electron chi connectivity index (χ3n) is 3.15. The van der Waals surface area contributed by atoms with Gasteiger partial charge in [0.05, 0.1) is 13.0 Å². The van der Waals surface area contributed by atoms with Crippen molar-refractivity contribution in [2.24, 2.45) is 11.7 Å². The fourth-order valence-corrected chi connectivity index (χ4v) is 2.17. The molecule has 1 unspecified atom stereocenters. The Hall–Kier alpha value is -1.97. The van der Waals surface area contributed by atoms with Crippen molar-refractivity contribution in [2.45, 2.75) is 13.0 Å². The zero-order chi connectivity index (χ0) is 13.0.